The van der Waals surface area contributed by atoms with Gasteiger partial charge in [0.05, 0.1) is 0 Å². The summed E-state index contributed by atoms with van der Waals surface area (Å²) in [5, 5.41) is 9.57. The molecule has 0 bridgehead atoms. The number of rotatable bonds is 1. The van der Waals surface area contributed by atoms with Gasteiger partial charge < -0.3 is 5.11 Å². The molecule has 0 saturated carbocycles. The Morgan fingerprint density at radius 1 is 1.50 bits per heavy atom. The molecule has 0 saturated heterocycles. The number of nitrogens with zero attached hydrogens (tertiary/aromatic N) is 1. The summed E-state index contributed by atoms with van der Waals surface area (Å²) in [7, 11) is 0. The van der Waals surface area contributed by atoms with Crippen molar-refractivity contribution in [3.05, 3.63) is 23.8 Å². The molecule has 0 radical (unpaired) electrons. The molecular formula is C11H13NO3S. The van der Waals surface area contributed by atoms with Gasteiger partial charge in [0.1, 0.15) is 11.0 Å². The highest BCUT2D eigenvalue weighted by Crippen LogP contribution is 2.13. The standard InChI is InChI=1S/C6H8O.C5H5NO2S/c7-6-4-2-1-3-5-6;7-5(8)4-3-6-1-2-9-4/h1-2H,3-5H2;1-4H,(H,7,8). The Labute approximate surface area is 98.1 Å². The molecule has 2 aliphatic rings. The molecular weight excluding hydrogens is 226 g/mol. The van der Waals surface area contributed by atoms with Gasteiger partial charge in [-0.2, -0.15) is 0 Å². The highest BCUT2D eigenvalue weighted by Gasteiger charge is 2.14. The van der Waals surface area contributed by atoms with Crippen LogP contribution >= 0.6 is 11.8 Å². The zero-order chi connectivity index (χ0) is 11.8. The zero-order valence-electron chi connectivity index (χ0n) is 8.70. The predicted octanol–water partition coefficient (Wildman–Crippen LogP) is 2.02. The fraction of sp³-hybridized carbons (Fsp3) is 0.364. The first kappa shape index (κ1) is 12.7. The number of Topliss-reactive ketones (excluding diaryl/α,β-unsaturated/α-hetero) is 1. The van der Waals surface area contributed by atoms with Crippen LogP contribution in [0.3, 0.4) is 0 Å². The molecule has 0 aromatic rings. The van der Waals surface area contributed by atoms with Crippen molar-refractivity contribution < 1.29 is 14.7 Å². The van der Waals surface area contributed by atoms with E-state index in [1.807, 2.05) is 6.08 Å². The number of aliphatic imine (C=N–C) groups is 1. The molecule has 1 unspecified atom stereocenters. The van der Waals surface area contributed by atoms with Crippen LogP contribution in [0.2, 0.25) is 0 Å². The Hall–Kier alpha value is -1.36. The number of carboxylic acid groups (broad SMARTS) is 1. The summed E-state index contributed by atoms with van der Waals surface area (Å²) in [6, 6.07) is 0. The van der Waals surface area contributed by atoms with Crippen molar-refractivity contribution in [2.24, 2.45) is 4.99 Å². The molecule has 0 amide bonds. The lowest BCUT2D eigenvalue weighted by Gasteiger charge is -2.03. The smallest absolute Gasteiger partial charge is 0.322 e. The van der Waals surface area contributed by atoms with Crippen LogP contribution in [0.4, 0.5) is 0 Å². The van der Waals surface area contributed by atoms with E-state index >= 15 is 0 Å². The lowest BCUT2D eigenvalue weighted by molar-refractivity contribution is -0.135. The summed E-state index contributed by atoms with van der Waals surface area (Å²) in [4.78, 5) is 24.3. The summed E-state index contributed by atoms with van der Waals surface area (Å²) in [6.45, 7) is 0. The van der Waals surface area contributed by atoms with E-state index in [1.54, 1.807) is 11.6 Å². The van der Waals surface area contributed by atoms with Crippen LogP contribution in [0, 0.1) is 0 Å². The number of ketones is 1. The van der Waals surface area contributed by atoms with Crippen molar-refractivity contribution in [3.8, 4) is 0 Å². The largest absolute Gasteiger partial charge is 0.480 e. The van der Waals surface area contributed by atoms with E-state index in [0.29, 0.717) is 12.2 Å². The fourth-order valence-electron chi connectivity index (χ4n) is 1.12. The maximum atomic E-state index is 10.4. The van der Waals surface area contributed by atoms with Crippen LogP contribution in [-0.4, -0.2) is 28.3 Å². The van der Waals surface area contributed by atoms with Gasteiger partial charge in [0.15, 0.2) is 0 Å². The van der Waals surface area contributed by atoms with E-state index in [1.165, 1.54) is 18.0 Å². The fourth-order valence-corrected chi connectivity index (χ4v) is 1.69. The normalized spacial score (nSPS) is 22.5. The van der Waals surface area contributed by atoms with E-state index in [-0.39, 0.29) is 0 Å². The van der Waals surface area contributed by atoms with Crippen LogP contribution < -0.4 is 0 Å². The van der Waals surface area contributed by atoms with Gasteiger partial charge in [-0.15, -0.1) is 11.8 Å². The van der Waals surface area contributed by atoms with E-state index in [0.717, 1.165) is 12.8 Å². The topological polar surface area (TPSA) is 66.7 Å². The Bertz CT molecular complexity index is 347. The number of carbonyl (C=O) groups is 2. The quantitative estimate of drug-likeness (QED) is 0.711. The number of carboxylic acids is 1. The highest BCUT2D eigenvalue weighted by molar-refractivity contribution is 8.04. The van der Waals surface area contributed by atoms with E-state index < -0.39 is 11.2 Å². The minimum Gasteiger partial charge on any atom is -0.480 e. The van der Waals surface area contributed by atoms with Crippen molar-refractivity contribution in [2.45, 2.75) is 24.5 Å². The van der Waals surface area contributed by atoms with Crippen molar-refractivity contribution in [1.29, 1.82) is 0 Å². The molecule has 1 aliphatic carbocycles. The third-order valence-corrected chi connectivity index (χ3v) is 2.83. The van der Waals surface area contributed by atoms with Gasteiger partial charge in [-0.1, -0.05) is 12.2 Å². The summed E-state index contributed by atoms with van der Waals surface area (Å²) >= 11 is 1.24. The first-order chi connectivity index (χ1) is 7.70. The van der Waals surface area contributed by atoms with Crippen molar-refractivity contribution in [3.63, 3.8) is 0 Å². The molecule has 0 aromatic carbocycles. The first-order valence-electron chi connectivity index (χ1n) is 4.93. The maximum absolute atomic E-state index is 10.4. The minimum atomic E-state index is -0.840. The molecule has 0 fully saturated rings. The van der Waals surface area contributed by atoms with Gasteiger partial charge in [0.25, 0.3) is 0 Å². The van der Waals surface area contributed by atoms with Crippen LogP contribution in [0.15, 0.2) is 28.8 Å². The SMILES string of the molecule is O=C(O)C1C=NC=CS1.O=C1CC=CCC1. The highest BCUT2D eigenvalue weighted by atomic mass is 32.2. The number of thioether (sulfide) groups is 1. The molecule has 5 heteroatoms. The molecule has 0 aromatic heterocycles. The Kier molecular flexibility index (Phi) is 5.56. The van der Waals surface area contributed by atoms with Crippen molar-refractivity contribution in [2.75, 3.05) is 0 Å². The van der Waals surface area contributed by atoms with E-state index in [2.05, 4.69) is 11.1 Å². The molecule has 1 aliphatic heterocycles. The Balaban J connectivity index is 0.000000165. The zero-order valence-corrected chi connectivity index (χ0v) is 9.52. The molecule has 4 nitrogen and oxygen atoms in total. The first-order valence-corrected chi connectivity index (χ1v) is 5.87. The van der Waals surface area contributed by atoms with E-state index in [9.17, 15) is 9.59 Å². The van der Waals surface area contributed by atoms with E-state index in [4.69, 9.17) is 5.11 Å². The second-order valence-corrected chi connectivity index (χ2v) is 4.28. The Morgan fingerprint density at radius 2 is 2.31 bits per heavy atom. The molecule has 1 N–H and O–H groups in total. The molecule has 0 spiro atoms. The van der Waals surface area contributed by atoms with Gasteiger partial charge >= 0.3 is 5.97 Å². The number of carbonyl (C=O) groups excluding carboxylic acids is 1. The molecule has 1 heterocycles. The number of hydrogen-bond donors (Lipinski definition) is 1. The van der Waals surface area contributed by atoms with Gasteiger partial charge in [0, 0.05) is 25.3 Å². The van der Waals surface area contributed by atoms with Crippen LogP contribution in [0.5, 0.6) is 0 Å². The Morgan fingerprint density at radius 3 is 2.62 bits per heavy atom. The van der Waals surface area contributed by atoms with Crippen LogP contribution in [-0.2, 0) is 9.59 Å². The van der Waals surface area contributed by atoms with Gasteiger partial charge in [0.2, 0.25) is 0 Å². The maximum Gasteiger partial charge on any atom is 0.322 e. The van der Waals surface area contributed by atoms with Crippen LogP contribution in [0.25, 0.3) is 0 Å². The molecule has 1 atom stereocenters. The summed E-state index contributed by atoms with van der Waals surface area (Å²) in [5.74, 6) is -0.462. The van der Waals surface area contributed by atoms with Crippen LogP contribution in [0.1, 0.15) is 19.3 Å². The second kappa shape index (κ2) is 7.00. The average molecular weight is 239 g/mol. The van der Waals surface area contributed by atoms with Gasteiger partial charge in [-0.05, 0) is 11.8 Å². The van der Waals surface area contributed by atoms with Crippen molar-refractivity contribution in [1.82, 2.24) is 0 Å². The lowest BCUT2D eigenvalue weighted by atomic mass is 10.1. The van der Waals surface area contributed by atoms with Crippen molar-refractivity contribution >= 4 is 29.7 Å². The summed E-state index contributed by atoms with van der Waals surface area (Å²) in [5.41, 5.74) is 0. The van der Waals surface area contributed by atoms with Gasteiger partial charge in [-0.3, -0.25) is 14.6 Å². The number of allylic oxidation sites excluding steroid dienone is 2. The van der Waals surface area contributed by atoms with Gasteiger partial charge in [-0.25, -0.2) is 0 Å². The third kappa shape index (κ3) is 4.93. The molecule has 2 rings (SSSR count). The number of aliphatic carboxylic acids is 1. The summed E-state index contributed by atoms with van der Waals surface area (Å²) < 4.78 is 0. The average Bonchev–Trinajstić information content (AvgIpc) is 2.32. The molecule has 16 heavy (non-hydrogen) atoms. The number of hydrogen-bond acceptors (Lipinski definition) is 4. The minimum absolute atomic E-state index is 0.377. The second-order valence-electron chi connectivity index (χ2n) is 3.23. The lowest BCUT2D eigenvalue weighted by Crippen LogP contribution is -2.17. The summed E-state index contributed by atoms with van der Waals surface area (Å²) in [6.07, 6.45) is 9.36. The predicted molar refractivity (Wildman–Crippen MR) is 64.6 cm³/mol. The monoisotopic (exact) mass is 239 g/mol. The molecule has 86 valence electrons. The third-order valence-electron chi connectivity index (χ3n) is 1.94.